The number of para-hydroxylation sites is 4. The van der Waals surface area contributed by atoms with Crippen molar-refractivity contribution in [2.24, 2.45) is 0 Å². The number of hydrogen-bond acceptors (Lipinski definition) is 4. The predicted molar refractivity (Wildman–Crippen MR) is 133 cm³/mol. The minimum atomic E-state index is -0.724. The number of nitrogens with zero attached hydrogens (tertiary/aromatic N) is 3. The Morgan fingerprint density at radius 2 is 1.71 bits per heavy atom. The molecule has 1 fully saturated rings. The van der Waals surface area contributed by atoms with Gasteiger partial charge in [0.05, 0.1) is 17.6 Å². The fourth-order valence-corrected chi connectivity index (χ4v) is 4.81. The standard InChI is InChI=1S/C28H29N3O3/c1-19-9-8-10-20(2)27(19)34-18-23(32)17-31-25-14-7-6-13-24(25)29-28(31)21-15-26(33)30(16-21)22-11-4-3-5-12-22/h3-14,21,23,32H,15-18H2,1-2H3/t21-,23-/m1/s1. The Morgan fingerprint density at radius 1 is 1.00 bits per heavy atom. The Hall–Kier alpha value is -3.64. The smallest absolute Gasteiger partial charge is 0.227 e. The normalized spacial score (nSPS) is 16.9. The van der Waals surface area contributed by atoms with Gasteiger partial charge in [-0.1, -0.05) is 48.5 Å². The highest BCUT2D eigenvalue weighted by molar-refractivity contribution is 5.96. The molecule has 0 spiro atoms. The van der Waals surface area contributed by atoms with Crippen LogP contribution in [0.3, 0.4) is 0 Å². The Balaban J connectivity index is 1.39. The number of amides is 1. The van der Waals surface area contributed by atoms with Gasteiger partial charge in [0.1, 0.15) is 24.3 Å². The van der Waals surface area contributed by atoms with Crippen molar-refractivity contribution in [3.63, 3.8) is 0 Å². The van der Waals surface area contributed by atoms with Gasteiger partial charge >= 0.3 is 0 Å². The molecule has 2 heterocycles. The van der Waals surface area contributed by atoms with E-state index in [0.717, 1.165) is 39.4 Å². The molecule has 0 unspecified atom stereocenters. The van der Waals surface area contributed by atoms with Crippen molar-refractivity contribution in [2.75, 3.05) is 18.1 Å². The van der Waals surface area contributed by atoms with Crippen LogP contribution in [0.15, 0.2) is 72.8 Å². The second-order valence-corrected chi connectivity index (χ2v) is 9.00. The lowest BCUT2D eigenvalue weighted by Crippen LogP contribution is -2.26. The van der Waals surface area contributed by atoms with E-state index in [1.165, 1.54) is 0 Å². The first kappa shape index (κ1) is 22.2. The summed E-state index contributed by atoms with van der Waals surface area (Å²) in [5, 5.41) is 10.9. The molecule has 34 heavy (non-hydrogen) atoms. The maximum atomic E-state index is 12.8. The Morgan fingerprint density at radius 3 is 2.47 bits per heavy atom. The van der Waals surface area contributed by atoms with Crippen LogP contribution in [-0.4, -0.2) is 39.8 Å². The Bertz CT molecular complexity index is 1290. The molecule has 6 nitrogen and oxygen atoms in total. The molecular weight excluding hydrogens is 426 g/mol. The monoisotopic (exact) mass is 455 g/mol. The number of hydrogen-bond donors (Lipinski definition) is 1. The lowest BCUT2D eigenvalue weighted by atomic mass is 10.1. The third kappa shape index (κ3) is 4.29. The molecule has 0 bridgehead atoms. The van der Waals surface area contributed by atoms with Gasteiger partial charge in [-0.05, 0) is 49.2 Å². The number of imidazole rings is 1. The maximum absolute atomic E-state index is 12.8. The number of fused-ring (bicyclic) bond motifs is 1. The van der Waals surface area contributed by atoms with Gasteiger partial charge in [-0.3, -0.25) is 4.79 Å². The average molecular weight is 456 g/mol. The largest absolute Gasteiger partial charge is 0.490 e. The molecule has 5 rings (SSSR count). The van der Waals surface area contributed by atoms with Crippen LogP contribution in [0.2, 0.25) is 0 Å². The van der Waals surface area contributed by atoms with Crippen molar-refractivity contribution in [3.05, 3.63) is 89.7 Å². The summed E-state index contributed by atoms with van der Waals surface area (Å²) in [6.07, 6.45) is -0.328. The van der Waals surface area contributed by atoms with Gasteiger partial charge in [0.15, 0.2) is 0 Å². The zero-order valence-electron chi connectivity index (χ0n) is 19.5. The first-order chi connectivity index (χ1) is 16.5. The highest BCUT2D eigenvalue weighted by atomic mass is 16.5. The number of carbonyl (C=O) groups is 1. The number of benzene rings is 3. The zero-order chi connectivity index (χ0) is 23.7. The topological polar surface area (TPSA) is 67.6 Å². The predicted octanol–water partition coefficient (Wildman–Crippen LogP) is 4.61. The number of aliphatic hydroxyl groups is 1. The number of aryl methyl sites for hydroxylation is 2. The third-order valence-electron chi connectivity index (χ3n) is 6.46. The van der Waals surface area contributed by atoms with Crippen LogP contribution in [0.5, 0.6) is 5.75 Å². The molecule has 3 aromatic carbocycles. The summed E-state index contributed by atoms with van der Waals surface area (Å²) in [5.41, 5.74) is 4.82. The minimum Gasteiger partial charge on any atom is -0.490 e. The van der Waals surface area contributed by atoms with Crippen LogP contribution in [0.25, 0.3) is 11.0 Å². The molecule has 2 atom stereocenters. The number of aliphatic hydroxyl groups excluding tert-OH is 1. The second-order valence-electron chi connectivity index (χ2n) is 9.00. The Labute approximate surface area is 199 Å². The lowest BCUT2D eigenvalue weighted by Gasteiger charge is -2.20. The number of rotatable bonds is 7. The highest BCUT2D eigenvalue weighted by Crippen LogP contribution is 2.33. The lowest BCUT2D eigenvalue weighted by molar-refractivity contribution is -0.117. The van der Waals surface area contributed by atoms with Gasteiger partial charge in [-0.25, -0.2) is 4.98 Å². The van der Waals surface area contributed by atoms with Crippen LogP contribution in [0, 0.1) is 13.8 Å². The average Bonchev–Trinajstić information content (AvgIpc) is 3.40. The van der Waals surface area contributed by atoms with Crippen LogP contribution < -0.4 is 9.64 Å². The van der Waals surface area contributed by atoms with E-state index in [4.69, 9.17) is 9.72 Å². The van der Waals surface area contributed by atoms with Crippen molar-refractivity contribution >= 4 is 22.6 Å². The molecule has 174 valence electrons. The number of aromatic nitrogens is 2. The molecule has 1 aliphatic heterocycles. The van der Waals surface area contributed by atoms with Crippen LogP contribution in [0.1, 0.15) is 29.3 Å². The molecule has 1 aromatic heterocycles. The van der Waals surface area contributed by atoms with E-state index in [1.54, 1.807) is 0 Å². The summed E-state index contributed by atoms with van der Waals surface area (Å²) < 4.78 is 8.06. The molecule has 0 aliphatic carbocycles. The molecule has 1 amide bonds. The van der Waals surface area contributed by atoms with Gasteiger partial charge in [0, 0.05) is 24.6 Å². The summed E-state index contributed by atoms with van der Waals surface area (Å²) >= 11 is 0. The molecule has 1 saturated heterocycles. The third-order valence-corrected chi connectivity index (χ3v) is 6.46. The Kier molecular flexibility index (Phi) is 6.07. The van der Waals surface area contributed by atoms with Gasteiger partial charge in [0.25, 0.3) is 0 Å². The van der Waals surface area contributed by atoms with Crippen molar-refractivity contribution in [1.82, 2.24) is 9.55 Å². The molecule has 6 heteroatoms. The zero-order valence-corrected chi connectivity index (χ0v) is 19.5. The number of carbonyl (C=O) groups excluding carboxylic acids is 1. The first-order valence-electron chi connectivity index (χ1n) is 11.7. The van der Waals surface area contributed by atoms with E-state index in [1.807, 2.05) is 91.5 Å². The van der Waals surface area contributed by atoms with E-state index in [9.17, 15) is 9.90 Å². The highest BCUT2D eigenvalue weighted by Gasteiger charge is 2.35. The molecule has 4 aromatic rings. The van der Waals surface area contributed by atoms with Crippen LogP contribution in [-0.2, 0) is 11.3 Å². The molecule has 0 radical (unpaired) electrons. The summed E-state index contributed by atoms with van der Waals surface area (Å²) in [6.45, 7) is 5.10. The van der Waals surface area contributed by atoms with Crippen molar-refractivity contribution < 1.29 is 14.6 Å². The van der Waals surface area contributed by atoms with E-state index in [-0.39, 0.29) is 18.4 Å². The fourth-order valence-electron chi connectivity index (χ4n) is 4.81. The molecule has 1 N–H and O–H groups in total. The van der Waals surface area contributed by atoms with Crippen molar-refractivity contribution in [1.29, 1.82) is 0 Å². The fraction of sp³-hybridized carbons (Fsp3) is 0.286. The first-order valence-corrected chi connectivity index (χ1v) is 11.7. The molecule has 1 aliphatic rings. The van der Waals surface area contributed by atoms with E-state index < -0.39 is 6.10 Å². The number of ether oxygens (including phenoxy) is 1. The maximum Gasteiger partial charge on any atom is 0.227 e. The second kappa shape index (κ2) is 9.31. The summed E-state index contributed by atoms with van der Waals surface area (Å²) in [6, 6.07) is 23.7. The summed E-state index contributed by atoms with van der Waals surface area (Å²) in [4.78, 5) is 19.6. The molecule has 0 saturated carbocycles. The SMILES string of the molecule is Cc1cccc(C)c1OC[C@H](O)Cn1c([C@@H]2CC(=O)N(c3ccccc3)C2)nc2ccccc21. The van der Waals surface area contributed by atoms with E-state index in [0.29, 0.717) is 19.5 Å². The van der Waals surface area contributed by atoms with Crippen molar-refractivity contribution in [3.8, 4) is 5.75 Å². The van der Waals surface area contributed by atoms with Gasteiger partial charge in [-0.2, -0.15) is 0 Å². The van der Waals surface area contributed by atoms with Gasteiger partial charge in [0.2, 0.25) is 5.91 Å². The van der Waals surface area contributed by atoms with Crippen LogP contribution >= 0.6 is 0 Å². The van der Waals surface area contributed by atoms with Gasteiger partial charge < -0.3 is 19.3 Å². The van der Waals surface area contributed by atoms with Crippen LogP contribution in [0.4, 0.5) is 5.69 Å². The van der Waals surface area contributed by atoms with E-state index >= 15 is 0 Å². The quantitative estimate of drug-likeness (QED) is 0.442. The van der Waals surface area contributed by atoms with Crippen molar-refractivity contribution in [2.45, 2.75) is 38.8 Å². The minimum absolute atomic E-state index is 0.0492. The van der Waals surface area contributed by atoms with Gasteiger partial charge in [-0.15, -0.1) is 0 Å². The molecular formula is C28H29N3O3. The summed E-state index contributed by atoms with van der Waals surface area (Å²) in [7, 11) is 0. The number of anilines is 1. The van der Waals surface area contributed by atoms with E-state index in [2.05, 4.69) is 4.57 Å². The summed E-state index contributed by atoms with van der Waals surface area (Å²) in [5.74, 6) is 1.69.